The lowest BCUT2D eigenvalue weighted by molar-refractivity contribution is 0.124. The highest BCUT2D eigenvalue weighted by atomic mass is 32.1. The van der Waals surface area contributed by atoms with Crippen LogP contribution >= 0.6 is 12.2 Å². The molecule has 0 aromatic heterocycles. The molecule has 1 aromatic rings. The van der Waals surface area contributed by atoms with Crippen LogP contribution in [0.2, 0.25) is 0 Å². The van der Waals surface area contributed by atoms with Crippen LogP contribution in [0.15, 0.2) is 18.2 Å². The van der Waals surface area contributed by atoms with Crippen molar-refractivity contribution in [2.75, 3.05) is 32.2 Å². The summed E-state index contributed by atoms with van der Waals surface area (Å²) in [6, 6.07) is 5.66. The Morgan fingerprint density at radius 1 is 1.45 bits per heavy atom. The van der Waals surface area contributed by atoms with Gasteiger partial charge in [-0.05, 0) is 37.3 Å². The number of hydrogen-bond acceptors (Lipinski definition) is 4. The summed E-state index contributed by atoms with van der Waals surface area (Å²) in [6.07, 6.45) is 3.62. The van der Waals surface area contributed by atoms with Crippen molar-refractivity contribution in [2.45, 2.75) is 19.3 Å². The zero-order valence-electron chi connectivity index (χ0n) is 11.9. The standard InChI is InChI=1S/C15H22N2O2S/c1-18-12-5-6-13(15(16)20)14(9-12)17-7-2-8-19-10-11-3-4-11/h5-6,9,11,17H,2-4,7-8,10H2,1H3,(H2,16,20). The third-order valence-electron chi connectivity index (χ3n) is 3.32. The van der Waals surface area contributed by atoms with Crippen LogP contribution in [0.5, 0.6) is 5.75 Å². The molecule has 0 spiro atoms. The first-order chi connectivity index (χ1) is 9.70. The molecule has 0 heterocycles. The molecule has 1 aliphatic carbocycles. The van der Waals surface area contributed by atoms with Gasteiger partial charge in [0.05, 0.1) is 7.11 Å². The minimum absolute atomic E-state index is 0.389. The first kappa shape index (κ1) is 15.1. The van der Waals surface area contributed by atoms with E-state index < -0.39 is 0 Å². The maximum atomic E-state index is 5.72. The van der Waals surface area contributed by atoms with Crippen LogP contribution in [-0.2, 0) is 4.74 Å². The highest BCUT2D eigenvalue weighted by Gasteiger charge is 2.20. The highest BCUT2D eigenvalue weighted by Crippen LogP contribution is 2.28. The van der Waals surface area contributed by atoms with Crippen molar-refractivity contribution in [1.82, 2.24) is 0 Å². The summed E-state index contributed by atoms with van der Waals surface area (Å²) in [5, 5.41) is 3.35. The minimum atomic E-state index is 0.389. The molecule has 110 valence electrons. The summed E-state index contributed by atoms with van der Waals surface area (Å²) in [5.41, 5.74) is 7.49. The Kier molecular flexibility index (Phi) is 5.61. The topological polar surface area (TPSA) is 56.5 Å². The fourth-order valence-electron chi connectivity index (χ4n) is 1.94. The Hall–Kier alpha value is -1.33. The summed E-state index contributed by atoms with van der Waals surface area (Å²) in [4.78, 5) is 0.389. The monoisotopic (exact) mass is 294 g/mol. The first-order valence-electron chi connectivity index (χ1n) is 7.00. The third kappa shape index (κ3) is 4.65. The van der Waals surface area contributed by atoms with E-state index in [1.165, 1.54) is 12.8 Å². The number of benzene rings is 1. The quantitative estimate of drug-likeness (QED) is 0.541. The number of nitrogens with two attached hydrogens (primary N) is 1. The summed E-state index contributed by atoms with van der Waals surface area (Å²) < 4.78 is 10.8. The molecule has 5 heteroatoms. The second-order valence-corrected chi connectivity index (χ2v) is 5.51. The Morgan fingerprint density at radius 3 is 2.90 bits per heavy atom. The summed E-state index contributed by atoms with van der Waals surface area (Å²) >= 11 is 5.06. The lowest BCUT2D eigenvalue weighted by Crippen LogP contribution is -2.14. The fraction of sp³-hybridized carbons (Fsp3) is 0.533. The van der Waals surface area contributed by atoms with Crippen molar-refractivity contribution in [1.29, 1.82) is 0 Å². The largest absolute Gasteiger partial charge is 0.497 e. The van der Waals surface area contributed by atoms with Gasteiger partial charge in [0.25, 0.3) is 0 Å². The Balaban J connectivity index is 1.78. The van der Waals surface area contributed by atoms with Crippen LogP contribution in [0.4, 0.5) is 5.69 Å². The van der Waals surface area contributed by atoms with Crippen molar-refractivity contribution in [2.24, 2.45) is 11.7 Å². The molecule has 0 unspecified atom stereocenters. The lowest BCUT2D eigenvalue weighted by Gasteiger charge is -2.13. The maximum Gasteiger partial charge on any atom is 0.120 e. The van der Waals surface area contributed by atoms with E-state index in [1.807, 2.05) is 18.2 Å². The number of hydrogen-bond donors (Lipinski definition) is 2. The zero-order valence-corrected chi connectivity index (χ0v) is 12.7. The van der Waals surface area contributed by atoms with Gasteiger partial charge in [0.2, 0.25) is 0 Å². The summed E-state index contributed by atoms with van der Waals surface area (Å²) in [6.45, 7) is 2.53. The van der Waals surface area contributed by atoms with Gasteiger partial charge in [0.1, 0.15) is 10.7 Å². The van der Waals surface area contributed by atoms with E-state index in [9.17, 15) is 0 Å². The van der Waals surface area contributed by atoms with Crippen LogP contribution in [0.3, 0.4) is 0 Å². The molecular weight excluding hydrogens is 272 g/mol. The van der Waals surface area contributed by atoms with Gasteiger partial charge in [-0.25, -0.2) is 0 Å². The summed E-state index contributed by atoms with van der Waals surface area (Å²) in [5.74, 6) is 1.61. The molecule has 1 fully saturated rings. The predicted octanol–water partition coefficient (Wildman–Crippen LogP) is 2.56. The molecule has 0 amide bonds. The van der Waals surface area contributed by atoms with Crippen molar-refractivity contribution in [3.63, 3.8) is 0 Å². The van der Waals surface area contributed by atoms with Crippen LogP contribution in [0, 0.1) is 5.92 Å². The number of methoxy groups -OCH3 is 1. The molecule has 2 rings (SSSR count). The van der Waals surface area contributed by atoms with Gasteiger partial charge >= 0.3 is 0 Å². The normalized spacial score (nSPS) is 14.1. The molecular formula is C15H22N2O2S. The number of anilines is 1. The van der Waals surface area contributed by atoms with Gasteiger partial charge < -0.3 is 20.5 Å². The van der Waals surface area contributed by atoms with Crippen molar-refractivity contribution in [3.8, 4) is 5.75 Å². The second kappa shape index (κ2) is 7.45. The predicted molar refractivity (Wildman–Crippen MR) is 85.5 cm³/mol. The SMILES string of the molecule is COc1ccc(C(N)=S)c(NCCCOCC2CC2)c1. The van der Waals surface area contributed by atoms with E-state index in [4.69, 9.17) is 27.4 Å². The van der Waals surface area contributed by atoms with Crippen LogP contribution in [0.1, 0.15) is 24.8 Å². The van der Waals surface area contributed by atoms with Gasteiger partial charge in [-0.2, -0.15) is 0 Å². The van der Waals surface area contributed by atoms with Crippen LogP contribution < -0.4 is 15.8 Å². The molecule has 4 nitrogen and oxygen atoms in total. The Labute approximate surface area is 125 Å². The third-order valence-corrected chi connectivity index (χ3v) is 3.54. The van der Waals surface area contributed by atoms with E-state index >= 15 is 0 Å². The molecule has 1 aliphatic rings. The average molecular weight is 294 g/mol. The Bertz CT molecular complexity index is 461. The van der Waals surface area contributed by atoms with E-state index in [0.717, 1.165) is 49.1 Å². The maximum absolute atomic E-state index is 5.72. The zero-order chi connectivity index (χ0) is 14.4. The van der Waals surface area contributed by atoms with Crippen LogP contribution in [0.25, 0.3) is 0 Å². The van der Waals surface area contributed by atoms with Crippen molar-refractivity contribution < 1.29 is 9.47 Å². The fourth-order valence-corrected chi connectivity index (χ4v) is 2.12. The number of nitrogens with one attached hydrogen (secondary N) is 1. The molecule has 0 radical (unpaired) electrons. The highest BCUT2D eigenvalue weighted by molar-refractivity contribution is 7.80. The second-order valence-electron chi connectivity index (χ2n) is 5.07. The van der Waals surface area contributed by atoms with Gasteiger partial charge in [0.15, 0.2) is 0 Å². The van der Waals surface area contributed by atoms with E-state index in [-0.39, 0.29) is 0 Å². The number of thiocarbonyl (C=S) groups is 1. The van der Waals surface area contributed by atoms with Gasteiger partial charge in [-0.3, -0.25) is 0 Å². The van der Waals surface area contributed by atoms with Crippen LogP contribution in [-0.4, -0.2) is 31.9 Å². The van der Waals surface area contributed by atoms with E-state index in [2.05, 4.69) is 5.32 Å². The van der Waals surface area contributed by atoms with Gasteiger partial charge in [0, 0.05) is 37.1 Å². The van der Waals surface area contributed by atoms with Crippen molar-refractivity contribution in [3.05, 3.63) is 23.8 Å². The minimum Gasteiger partial charge on any atom is -0.497 e. The van der Waals surface area contributed by atoms with E-state index in [1.54, 1.807) is 7.11 Å². The summed E-state index contributed by atoms with van der Waals surface area (Å²) in [7, 11) is 1.64. The first-order valence-corrected chi connectivity index (χ1v) is 7.41. The molecule has 0 atom stereocenters. The lowest BCUT2D eigenvalue weighted by atomic mass is 10.1. The van der Waals surface area contributed by atoms with E-state index in [0.29, 0.717) is 4.99 Å². The average Bonchev–Trinajstić information content (AvgIpc) is 3.26. The van der Waals surface area contributed by atoms with Gasteiger partial charge in [-0.1, -0.05) is 12.2 Å². The van der Waals surface area contributed by atoms with Gasteiger partial charge in [-0.15, -0.1) is 0 Å². The molecule has 0 saturated heterocycles. The smallest absolute Gasteiger partial charge is 0.120 e. The van der Waals surface area contributed by atoms with Crippen molar-refractivity contribution >= 4 is 22.9 Å². The Morgan fingerprint density at radius 2 is 2.25 bits per heavy atom. The molecule has 1 saturated carbocycles. The molecule has 20 heavy (non-hydrogen) atoms. The number of rotatable bonds is 9. The molecule has 3 N–H and O–H groups in total. The number of ether oxygens (including phenoxy) is 2. The molecule has 0 aliphatic heterocycles. The molecule has 1 aromatic carbocycles. The molecule has 0 bridgehead atoms.